The van der Waals surface area contributed by atoms with E-state index >= 15 is 0 Å². The van der Waals surface area contributed by atoms with E-state index in [4.69, 9.17) is 0 Å². The molecule has 3 heteroatoms. The number of nitrogens with one attached hydrogen (secondary N) is 1. The van der Waals surface area contributed by atoms with E-state index in [0.717, 1.165) is 37.9 Å². The molecule has 0 aromatic heterocycles. The van der Waals surface area contributed by atoms with Crippen molar-refractivity contribution in [2.75, 3.05) is 20.1 Å². The van der Waals surface area contributed by atoms with Crippen LogP contribution in [0.3, 0.4) is 0 Å². The lowest BCUT2D eigenvalue weighted by Crippen LogP contribution is -2.37. The molecule has 0 aliphatic carbocycles. The summed E-state index contributed by atoms with van der Waals surface area (Å²) in [5, 5.41) is 3.17. The number of amides is 1. The van der Waals surface area contributed by atoms with Gasteiger partial charge >= 0.3 is 0 Å². The Morgan fingerprint density at radius 2 is 2.16 bits per heavy atom. The Bertz CT molecular complexity index is 456. The highest BCUT2D eigenvalue weighted by Gasteiger charge is 2.28. The highest BCUT2D eigenvalue weighted by Crippen LogP contribution is 2.23. The lowest BCUT2D eigenvalue weighted by molar-refractivity contribution is 0.0731. The van der Waals surface area contributed by atoms with Gasteiger partial charge in [-0.3, -0.25) is 4.79 Å². The molecule has 2 rings (SSSR count). The molecule has 1 amide bonds. The van der Waals surface area contributed by atoms with Crippen LogP contribution >= 0.6 is 0 Å². The number of aryl methyl sites for hydroxylation is 2. The second-order valence-electron chi connectivity index (χ2n) is 5.49. The van der Waals surface area contributed by atoms with Crippen molar-refractivity contribution in [3.63, 3.8) is 0 Å². The van der Waals surface area contributed by atoms with Gasteiger partial charge < -0.3 is 10.2 Å². The van der Waals surface area contributed by atoms with Gasteiger partial charge in [0.25, 0.3) is 5.91 Å². The van der Waals surface area contributed by atoms with E-state index in [-0.39, 0.29) is 5.91 Å². The first-order valence-corrected chi connectivity index (χ1v) is 7.16. The number of likely N-dealkylation sites (tertiary alicyclic amines) is 1. The summed E-state index contributed by atoms with van der Waals surface area (Å²) in [4.78, 5) is 14.6. The van der Waals surface area contributed by atoms with Crippen LogP contribution in [0.4, 0.5) is 0 Å². The van der Waals surface area contributed by atoms with Crippen molar-refractivity contribution < 1.29 is 4.79 Å². The largest absolute Gasteiger partial charge is 0.336 e. The Labute approximate surface area is 116 Å². The van der Waals surface area contributed by atoms with Crippen molar-refractivity contribution >= 4 is 5.91 Å². The number of nitrogens with zero attached hydrogens (tertiary/aromatic N) is 1. The quantitative estimate of drug-likeness (QED) is 0.902. The maximum Gasteiger partial charge on any atom is 0.254 e. The summed E-state index contributed by atoms with van der Waals surface area (Å²) in [5.74, 6) is 0.196. The van der Waals surface area contributed by atoms with Crippen LogP contribution in [-0.4, -0.2) is 37.0 Å². The second-order valence-corrected chi connectivity index (χ2v) is 5.49. The number of benzene rings is 1. The highest BCUT2D eigenvalue weighted by molar-refractivity contribution is 5.94. The van der Waals surface area contributed by atoms with Gasteiger partial charge in [0.1, 0.15) is 0 Å². The number of hydrogen-bond donors (Lipinski definition) is 1. The Morgan fingerprint density at radius 1 is 1.37 bits per heavy atom. The molecule has 1 saturated heterocycles. The zero-order chi connectivity index (χ0) is 13.8. The fraction of sp³-hybridized carbons (Fsp3) is 0.562. The standard InChI is InChI=1S/C16H24N2O/c1-12-6-7-14(11-13(12)2)16(19)18-10-4-5-15(18)8-9-17-3/h6-7,11,15,17H,4-5,8-10H2,1-3H3. The van der Waals surface area contributed by atoms with E-state index in [1.807, 2.05) is 25.2 Å². The Kier molecular flexibility index (Phi) is 4.59. The SMILES string of the molecule is CNCCC1CCCN1C(=O)c1ccc(C)c(C)c1. The summed E-state index contributed by atoms with van der Waals surface area (Å²) >= 11 is 0. The molecule has 104 valence electrons. The number of carbonyl (C=O) groups is 1. The molecule has 1 fully saturated rings. The first kappa shape index (κ1) is 14.1. The summed E-state index contributed by atoms with van der Waals surface area (Å²) in [5.41, 5.74) is 3.26. The maximum absolute atomic E-state index is 12.6. The third-order valence-corrected chi connectivity index (χ3v) is 4.12. The Balaban J connectivity index is 2.11. The minimum absolute atomic E-state index is 0.196. The zero-order valence-corrected chi connectivity index (χ0v) is 12.2. The van der Waals surface area contributed by atoms with Crippen LogP contribution in [-0.2, 0) is 0 Å². The lowest BCUT2D eigenvalue weighted by Gasteiger charge is -2.25. The monoisotopic (exact) mass is 260 g/mol. The van der Waals surface area contributed by atoms with E-state index in [9.17, 15) is 4.79 Å². The number of carbonyl (C=O) groups excluding carboxylic acids is 1. The smallest absolute Gasteiger partial charge is 0.254 e. The molecule has 1 aromatic carbocycles. The Morgan fingerprint density at radius 3 is 2.84 bits per heavy atom. The zero-order valence-electron chi connectivity index (χ0n) is 12.2. The number of hydrogen-bond acceptors (Lipinski definition) is 2. The average molecular weight is 260 g/mol. The Hall–Kier alpha value is -1.35. The topological polar surface area (TPSA) is 32.3 Å². The summed E-state index contributed by atoms with van der Waals surface area (Å²) in [6, 6.07) is 6.42. The van der Waals surface area contributed by atoms with E-state index in [1.165, 1.54) is 11.1 Å². The van der Waals surface area contributed by atoms with Crippen LogP contribution in [0.25, 0.3) is 0 Å². The van der Waals surface area contributed by atoms with Crippen molar-refractivity contribution in [2.45, 2.75) is 39.2 Å². The van der Waals surface area contributed by atoms with Gasteiger partial charge in [-0.2, -0.15) is 0 Å². The van der Waals surface area contributed by atoms with Gasteiger partial charge in [-0.05, 0) is 70.0 Å². The van der Waals surface area contributed by atoms with Crippen molar-refractivity contribution in [2.24, 2.45) is 0 Å². The van der Waals surface area contributed by atoms with E-state index in [1.54, 1.807) is 0 Å². The van der Waals surface area contributed by atoms with E-state index in [0.29, 0.717) is 6.04 Å². The molecule has 19 heavy (non-hydrogen) atoms. The van der Waals surface area contributed by atoms with Crippen molar-refractivity contribution in [1.82, 2.24) is 10.2 Å². The van der Waals surface area contributed by atoms with Gasteiger partial charge in [0.05, 0.1) is 0 Å². The average Bonchev–Trinajstić information content (AvgIpc) is 2.87. The molecule has 0 spiro atoms. The minimum Gasteiger partial charge on any atom is -0.336 e. The summed E-state index contributed by atoms with van der Waals surface area (Å²) in [7, 11) is 1.96. The molecule has 0 saturated carbocycles. The predicted octanol–water partition coefficient (Wildman–Crippen LogP) is 2.52. The molecule has 1 heterocycles. The lowest BCUT2D eigenvalue weighted by atomic mass is 10.0. The fourth-order valence-corrected chi connectivity index (χ4v) is 2.75. The van der Waals surface area contributed by atoms with Crippen LogP contribution in [0.5, 0.6) is 0 Å². The van der Waals surface area contributed by atoms with Crippen molar-refractivity contribution in [3.05, 3.63) is 34.9 Å². The third-order valence-electron chi connectivity index (χ3n) is 4.12. The van der Waals surface area contributed by atoms with Crippen LogP contribution in [0.1, 0.15) is 40.7 Å². The normalized spacial score (nSPS) is 18.9. The van der Waals surface area contributed by atoms with Crippen molar-refractivity contribution in [3.8, 4) is 0 Å². The first-order valence-electron chi connectivity index (χ1n) is 7.16. The molecule has 1 aliphatic heterocycles. The van der Waals surface area contributed by atoms with Gasteiger partial charge in [0, 0.05) is 18.2 Å². The van der Waals surface area contributed by atoms with Crippen molar-refractivity contribution in [1.29, 1.82) is 0 Å². The molecular formula is C16H24N2O. The van der Waals surface area contributed by atoms with Crippen LogP contribution in [0, 0.1) is 13.8 Å². The third kappa shape index (κ3) is 3.16. The molecule has 1 aromatic rings. The maximum atomic E-state index is 12.6. The second kappa shape index (κ2) is 6.20. The van der Waals surface area contributed by atoms with Crippen LogP contribution in [0.2, 0.25) is 0 Å². The molecular weight excluding hydrogens is 236 g/mol. The molecule has 0 bridgehead atoms. The molecule has 1 aliphatic rings. The van der Waals surface area contributed by atoms with Gasteiger partial charge in [-0.25, -0.2) is 0 Å². The van der Waals surface area contributed by atoms with Gasteiger partial charge in [0.2, 0.25) is 0 Å². The predicted molar refractivity (Wildman–Crippen MR) is 78.5 cm³/mol. The van der Waals surface area contributed by atoms with Crippen LogP contribution < -0.4 is 5.32 Å². The van der Waals surface area contributed by atoms with E-state index in [2.05, 4.69) is 24.1 Å². The van der Waals surface area contributed by atoms with E-state index < -0.39 is 0 Å². The molecule has 0 radical (unpaired) electrons. The summed E-state index contributed by atoms with van der Waals surface area (Å²) < 4.78 is 0. The minimum atomic E-state index is 0.196. The highest BCUT2D eigenvalue weighted by atomic mass is 16.2. The summed E-state index contributed by atoms with van der Waals surface area (Å²) in [6.45, 7) is 6.02. The van der Waals surface area contributed by atoms with Gasteiger partial charge in [-0.1, -0.05) is 6.07 Å². The first-order chi connectivity index (χ1) is 9.13. The van der Waals surface area contributed by atoms with Gasteiger partial charge in [-0.15, -0.1) is 0 Å². The molecule has 1 atom stereocenters. The number of rotatable bonds is 4. The fourth-order valence-electron chi connectivity index (χ4n) is 2.75. The van der Waals surface area contributed by atoms with Crippen LogP contribution in [0.15, 0.2) is 18.2 Å². The molecule has 1 unspecified atom stereocenters. The van der Waals surface area contributed by atoms with Gasteiger partial charge in [0.15, 0.2) is 0 Å². The molecule has 1 N–H and O–H groups in total. The molecule has 3 nitrogen and oxygen atoms in total. The summed E-state index contributed by atoms with van der Waals surface area (Å²) in [6.07, 6.45) is 3.32.